The third kappa shape index (κ3) is 4.89. The predicted molar refractivity (Wildman–Crippen MR) is 82.8 cm³/mol. The highest BCUT2D eigenvalue weighted by atomic mass is 32.2. The average molecular weight is 316 g/mol. The molecule has 0 amide bonds. The van der Waals surface area contributed by atoms with Gasteiger partial charge in [0.25, 0.3) is 5.69 Å². The minimum atomic E-state index is -0.888. The molecular weight excluding hydrogens is 296 g/mol. The minimum absolute atomic E-state index is 0.0503. The van der Waals surface area contributed by atoms with Crippen LogP contribution in [0, 0.1) is 10.1 Å². The average Bonchev–Trinajstić information content (AvgIpc) is 2.44. The molecule has 2 atom stereocenters. The van der Waals surface area contributed by atoms with Crippen LogP contribution in [0.1, 0.15) is 13.3 Å². The topological polar surface area (TPSA) is 90.7 Å². The maximum absolute atomic E-state index is 11.2. The molecule has 2 unspecified atom stereocenters. The standard InChI is InChI=1S/C13H20N2O5S/c1-9(5-6-21(4)18)14-10-7-12(19-2)13(20-3)8-11(10)15(16)17/h7-9,14H,5-6H2,1-4H3. The Bertz CT molecular complexity index is 536. The SMILES string of the molecule is COc1cc(NC(C)CCS(C)=O)c([N+](=O)[O-])cc1OC. The molecule has 7 nitrogen and oxygen atoms in total. The van der Waals surface area contributed by atoms with E-state index in [1.165, 1.54) is 26.4 Å². The number of rotatable bonds is 8. The molecule has 1 aromatic carbocycles. The fourth-order valence-electron chi connectivity index (χ4n) is 1.82. The van der Waals surface area contributed by atoms with E-state index in [1.54, 1.807) is 6.26 Å². The summed E-state index contributed by atoms with van der Waals surface area (Å²) in [5.41, 5.74) is 0.268. The Kier molecular flexibility index (Phi) is 6.41. The molecule has 1 aromatic rings. The summed E-state index contributed by atoms with van der Waals surface area (Å²) in [4.78, 5) is 10.7. The Morgan fingerprint density at radius 1 is 1.33 bits per heavy atom. The Morgan fingerprint density at radius 2 is 1.90 bits per heavy atom. The van der Waals surface area contributed by atoms with Crippen molar-refractivity contribution in [2.24, 2.45) is 0 Å². The maximum Gasteiger partial charge on any atom is 0.296 e. The quantitative estimate of drug-likeness (QED) is 0.584. The molecule has 0 heterocycles. The van der Waals surface area contributed by atoms with Gasteiger partial charge in [0, 0.05) is 34.9 Å². The van der Waals surface area contributed by atoms with Gasteiger partial charge in [0.15, 0.2) is 11.5 Å². The summed E-state index contributed by atoms with van der Waals surface area (Å²) in [6.45, 7) is 1.88. The van der Waals surface area contributed by atoms with Crippen LogP contribution in [0.3, 0.4) is 0 Å². The van der Waals surface area contributed by atoms with Crippen LogP contribution >= 0.6 is 0 Å². The summed E-state index contributed by atoms with van der Waals surface area (Å²) in [5.74, 6) is 1.25. The van der Waals surface area contributed by atoms with Crippen LogP contribution in [0.15, 0.2) is 12.1 Å². The fourth-order valence-corrected chi connectivity index (χ4v) is 2.50. The van der Waals surface area contributed by atoms with Crippen molar-refractivity contribution < 1.29 is 18.6 Å². The van der Waals surface area contributed by atoms with E-state index >= 15 is 0 Å². The number of nitrogens with one attached hydrogen (secondary N) is 1. The van der Waals surface area contributed by atoms with Crippen LogP contribution in [-0.4, -0.2) is 41.4 Å². The molecule has 0 bridgehead atoms. The number of nitro groups is 1. The zero-order valence-electron chi connectivity index (χ0n) is 12.5. The maximum atomic E-state index is 11.2. The van der Waals surface area contributed by atoms with Gasteiger partial charge in [-0.3, -0.25) is 14.3 Å². The molecule has 1 rings (SSSR count). The van der Waals surface area contributed by atoms with Gasteiger partial charge in [-0.1, -0.05) is 0 Å². The smallest absolute Gasteiger partial charge is 0.296 e. The lowest BCUT2D eigenvalue weighted by atomic mass is 10.2. The van der Waals surface area contributed by atoms with Crippen molar-refractivity contribution >= 4 is 22.2 Å². The molecule has 0 fully saturated rings. The molecule has 118 valence electrons. The van der Waals surface area contributed by atoms with Crippen molar-refractivity contribution in [1.82, 2.24) is 0 Å². The van der Waals surface area contributed by atoms with Crippen molar-refractivity contribution in [2.45, 2.75) is 19.4 Å². The van der Waals surface area contributed by atoms with E-state index in [2.05, 4.69) is 5.32 Å². The first-order chi connectivity index (χ1) is 9.88. The zero-order chi connectivity index (χ0) is 16.0. The highest BCUT2D eigenvalue weighted by Crippen LogP contribution is 2.37. The lowest BCUT2D eigenvalue weighted by Gasteiger charge is -2.16. The van der Waals surface area contributed by atoms with Crippen molar-refractivity contribution in [1.29, 1.82) is 0 Å². The number of nitrogens with zero attached hydrogens (tertiary/aromatic N) is 1. The zero-order valence-corrected chi connectivity index (χ0v) is 13.4. The van der Waals surface area contributed by atoms with Crippen LogP contribution in [0.4, 0.5) is 11.4 Å². The highest BCUT2D eigenvalue weighted by Gasteiger charge is 2.20. The van der Waals surface area contributed by atoms with Crippen molar-refractivity contribution in [3.63, 3.8) is 0 Å². The molecule has 0 aliphatic heterocycles. The summed E-state index contributed by atoms with van der Waals surface area (Å²) in [6.07, 6.45) is 2.28. The van der Waals surface area contributed by atoms with Gasteiger partial charge < -0.3 is 14.8 Å². The monoisotopic (exact) mass is 316 g/mol. The molecule has 0 saturated carbocycles. The third-order valence-corrected chi connectivity index (χ3v) is 3.75. The van der Waals surface area contributed by atoms with Gasteiger partial charge in [-0.15, -0.1) is 0 Å². The number of ether oxygens (including phenoxy) is 2. The summed E-state index contributed by atoms with van der Waals surface area (Å²) in [7, 11) is 2.01. The molecule has 0 spiro atoms. The molecular formula is C13H20N2O5S. The van der Waals surface area contributed by atoms with E-state index in [9.17, 15) is 14.3 Å². The lowest BCUT2D eigenvalue weighted by Crippen LogP contribution is -2.18. The molecule has 8 heteroatoms. The van der Waals surface area contributed by atoms with Gasteiger partial charge in [-0.2, -0.15) is 0 Å². The first-order valence-corrected chi connectivity index (χ1v) is 8.08. The van der Waals surface area contributed by atoms with E-state index in [0.29, 0.717) is 29.4 Å². The molecule has 0 radical (unpaired) electrons. The number of benzene rings is 1. The summed E-state index contributed by atoms with van der Waals surface area (Å²) >= 11 is 0. The second kappa shape index (κ2) is 7.82. The number of hydrogen-bond acceptors (Lipinski definition) is 6. The molecule has 0 saturated heterocycles. The van der Waals surface area contributed by atoms with Gasteiger partial charge in [-0.05, 0) is 13.3 Å². The van der Waals surface area contributed by atoms with E-state index in [4.69, 9.17) is 9.47 Å². The first kappa shape index (κ1) is 17.2. The molecule has 1 N–H and O–H groups in total. The van der Waals surface area contributed by atoms with E-state index in [1.807, 2.05) is 6.92 Å². The Morgan fingerprint density at radius 3 is 2.38 bits per heavy atom. The van der Waals surface area contributed by atoms with Gasteiger partial charge in [0.05, 0.1) is 25.2 Å². The van der Waals surface area contributed by atoms with Crippen molar-refractivity contribution in [2.75, 3.05) is 31.5 Å². The van der Waals surface area contributed by atoms with E-state index in [-0.39, 0.29) is 11.7 Å². The minimum Gasteiger partial charge on any atom is -0.493 e. The Balaban J connectivity index is 3.03. The van der Waals surface area contributed by atoms with Crippen LogP contribution < -0.4 is 14.8 Å². The molecule has 0 aliphatic rings. The Labute approximate surface area is 126 Å². The van der Waals surface area contributed by atoms with Crippen molar-refractivity contribution in [3.8, 4) is 11.5 Å². The summed E-state index contributed by atoms with van der Waals surface area (Å²) in [5, 5.41) is 14.2. The van der Waals surface area contributed by atoms with Gasteiger partial charge >= 0.3 is 0 Å². The van der Waals surface area contributed by atoms with E-state index < -0.39 is 15.7 Å². The largest absolute Gasteiger partial charge is 0.493 e. The normalized spacial score (nSPS) is 13.3. The second-order valence-corrected chi connectivity index (χ2v) is 6.15. The summed E-state index contributed by atoms with van der Waals surface area (Å²) in [6, 6.07) is 2.81. The number of methoxy groups -OCH3 is 2. The molecule has 21 heavy (non-hydrogen) atoms. The van der Waals surface area contributed by atoms with Gasteiger partial charge in [-0.25, -0.2) is 0 Å². The summed E-state index contributed by atoms with van der Waals surface area (Å²) < 4.78 is 21.3. The number of anilines is 1. The van der Waals surface area contributed by atoms with Gasteiger partial charge in [0.1, 0.15) is 5.69 Å². The van der Waals surface area contributed by atoms with Crippen LogP contribution in [0.5, 0.6) is 11.5 Å². The fraction of sp³-hybridized carbons (Fsp3) is 0.538. The van der Waals surface area contributed by atoms with E-state index in [0.717, 1.165) is 0 Å². The predicted octanol–water partition coefficient (Wildman–Crippen LogP) is 2.18. The van der Waals surface area contributed by atoms with Crippen LogP contribution in [0.25, 0.3) is 0 Å². The second-order valence-electron chi connectivity index (χ2n) is 4.59. The Hall–Kier alpha value is -1.83. The number of hydrogen-bond donors (Lipinski definition) is 1. The molecule has 0 aliphatic carbocycles. The van der Waals surface area contributed by atoms with Crippen LogP contribution in [-0.2, 0) is 10.8 Å². The lowest BCUT2D eigenvalue weighted by molar-refractivity contribution is -0.384. The number of nitro benzene ring substituents is 1. The van der Waals surface area contributed by atoms with Gasteiger partial charge in [0.2, 0.25) is 0 Å². The van der Waals surface area contributed by atoms with Crippen LogP contribution in [0.2, 0.25) is 0 Å². The first-order valence-electron chi connectivity index (χ1n) is 6.36. The highest BCUT2D eigenvalue weighted by molar-refractivity contribution is 7.84. The third-order valence-electron chi connectivity index (χ3n) is 2.94. The molecule has 0 aromatic heterocycles. The van der Waals surface area contributed by atoms with Crippen molar-refractivity contribution in [3.05, 3.63) is 22.2 Å².